The summed E-state index contributed by atoms with van der Waals surface area (Å²) in [5.74, 6) is -0.0999. The standard InChI is InChI=1S/C16H21FN2O2/c17-14-6-2-1-5-13(14)11-18-9-10-21-15(12-18)16(20)19-7-3-4-8-19/h1-2,5-6,15H,3-4,7-12H2. The number of morpholine rings is 1. The number of amides is 1. The Labute approximate surface area is 124 Å². The Kier molecular flexibility index (Phi) is 4.51. The van der Waals surface area contributed by atoms with Gasteiger partial charge in [0.25, 0.3) is 5.91 Å². The fourth-order valence-corrected chi connectivity index (χ4v) is 3.00. The first-order chi connectivity index (χ1) is 10.2. The van der Waals surface area contributed by atoms with Crippen LogP contribution in [0.15, 0.2) is 24.3 Å². The van der Waals surface area contributed by atoms with Gasteiger partial charge in [-0.25, -0.2) is 4.39 Å². The summed E-state index contributed by atoms with van der Waals surface area (Å²) in [6.07, 6.45) is 1.76. The highest BCUT2D eigenvalue weighted by Crippen LogP contribution is 2.16. The van der Waals surface area contributed by atoms with E-state index < -0.39 is 6.10 Å². The molecular weight excluding hydrogens is 271 g/mol. The van der Waals surface area contributed by atoms with Crippen LogP contribution in [0.2, 0.25) is 0 Å². The summed E-state index contributed by atoms with van der Waals surface area (Å²) in [5, 5.41) is 0. The van der Waals surface area contributed by atoms with E-state index in [4.69, 9.17) is 4.74 Å². The monoisotopic (exact) mass is 292 g/mol. The molecule has 114 valence electrons. The largest absolute Gasteiger partial charge is 0.366 e. The number of likely N-dealkylation sites (tertiary alicyclic amines) is 1. The van der Waals surface area contributed by atoms with E-state index in [1.165, 1.54) is 6.07 Å². The molecule has 21 heavy (non-hydrogen) atoms. The molecule has 2 saturated heterocycles. The molecule has 4 nitrogen and oxygen atoms in total. The van der Waals surface area contributed by atoms with Crippen molar-refractivity contribution in [2.75, 3.05) is 32.8 Å². The molecule has 2 fully saturated rings. The second-order valence-corrected chi connectivity index (χ2v) is 5.72. The number of hydrogen-bond donors (Lipinski definition) is 0. The van der Waals surface area contributed by atoms with Crippen LogP contribution in [0.25, 0.3) is 0 Å². The fraction of sp³-hybridized carbons (Fsp3) is 0.562. The van der Waals surface area contributed by atoms with Gasteiger partial charge in [-0.1, -0.05) is 18.2 Å². The lowest BCUT2D eigenvalue weighted by atomic mass is 10.1. The Morgan fingerprint density at radius 1 is 1.24 bits per heavy atom. The summed E-state index contributed by atoms with van der Waals surface area (Å²) in [6, 6.07) is 6.80. The van der Waals surface area contributed by atoms with Gasteiger partial charge in [0.2, 0.25) is 0 Å². The zero-order valence-electron chi connectivity index (χ0n) is 12.1. The van der Waals surface area contributed by atoms with Crippen LogP contribution in [0.5, 0.6) is 0 Å². The third-order valence-corrected chi connectivity index (χ3v) is 4.20. The van der Waals surface area contributed by atoms with E-state index in [0.29, 0.717) is 25.3 Å². The van der Waals surface area contributed by atoms with E-state index in [1.54, 1.807) is 12.1 Å². The van der Waals surface area contributed by atoms with Crippen molar-refractivity contribution in [2.24, 2.45) is 0 Å². The summed E-state index contributed by atoms with van der Waals surface area (Å²) in [7, 11) is 0. The molecule has 1 unspecified atom stereocenters. The van der Waals surface area contributed by atoms with Gasteiger partial charge >= 0.3 is 0 Å². The van der Waals surface area contributed by atoms with Crippen LogP contribution in [0.1, 0.15) is 18.4 Å². The maximum absolute atomic E-state index is 13.7. The molecule has 0 N–H and O–H groups in total. The van der Waals surface area contributed by atoms with Gasteiger partial charge in [-0.05, 0) is 18.9 Å². The minimum Gasteiger partial charge on any atom is -0.366 e. The number of hydrogen-bond acceptors (Lipinski definition) is 3. The third-order valence-electron chi connectivity index (χ3n) is 4.20. The van der Waals surface area contributed by atoms with Crippen molar-refractivity contribution in [2.45, 2.75) is 25.5 Å². The molecule has 5 heteroatoms. The van der Waals surface area contributed by atoms with E-state index in [0.717, 1.165) is 32.5 Å². The van der Waals surface area contributed by atoms with Gasteiger partial charge in [0, 0.05) is 38.3 Å². The van der Waals surface area contributed by atoms with Gasteiger partial charge in [0.05, 0.1) is 6.61 Å². The Hall–Kier alpha value is -1.46. The topological polar surface area (TPSA) is 32.8 Å². The molecule has 0 saturated carbocycles. The second-order valence-electron chi connectivity index (χ2n) is 5.72. The Morgan fingerprint density at radius 3 is 2.76 bits per heavy atom. The number of ether oxygens (including phenoxy) is 1. The van der Waals surface area contributed by atoms with Gasteiger partial charge in [0.1, 0.15) is 11.9 Å². The summed E-state index contributed by atoms with van der Waals surface area (Å²) in [4.78, 5) is 16.3. The first-order valence-corrected chi connectivity index (χ1v) is 7.60. The molecule has 2 aliphatic rings. The van der Waals surface area contributed by atoms with Crippen molar-refractivity contribution in [3.63, 3.8) is 0 Å². The highest BCUT2D eigenvalue weighted by Gasteiger charge is 2.31. The van der Waals surface area contributed by atoms with Gasteiger partial charge in [0.15, 0.2) is 0 Å². The van der Waals surface area contributed by atoms with Gasteiger partial charge in [-0.3, -0.25) is 9.69 Å². The molecule has 0 aliphatic carbocycles. The van der Waals surface area contributed by atoms with Crippen LogP contribution in [-0.2, 0) is 16.1 Å². The van der Waals surface area contributed by atoms with E-state index in [1.807, 2.05) is 11.0 Å². The number of benzene rings is 1. The highest BCUT2D eigenvalue weighted by molar-refractivity contribution is 5.81. The van der Waals surface area contributed by atoms with Crippen LogP contribution >= 0.6 is 0 Å². The van der Waals surface area contributed by atoms with Crippen molar-refractivity contribution in [3.8, 4) is 0 Å². The predicted octanol–water partition coefficient (Wildman–Crippen LogP) is 1.65. The van der Waals surface area contributed by atoms with Gasteiger partial charge < -0.3 is 9.64 Å². The molecule has 0 bridgehead atoms. The highest BCUT2D eigenvalue weighted by atomic mass is 19.1. The van der Waals surface area contributed by atoms with E-state index in [-0.39, 0.29) is 11.7 Å². The van der Waals surface area contributed by atoms with Crippen molar-refractivity contribution in [1.82, 2.24) is 9.80 Å². The van der Waals surface area contributed by atoms with Crippen molar-refractivity contribution >= 4 is 5.91 Å². The second kappa shape index (κ2) is 6.54. The molecule has 1 atom stereocenters. The van der Waals surface area contributed by atoms with E-state index in [9.17, 15) is 9.18 Å². The summed E-state index contributed by atoms with van der Waals surface area (Å²) in [5.41, 5.74) is 0.673. The van der Waals surface area contributed by atoms with Crippen LogP contribution in [0, 0.1) is 5.82 Å². The zero-order chi connectivity index (χ0) is 14.7. The molecule has 0 radical (unpaired) electrons. The average Bonchev–Trinajstić information content (AvgIpc) is 3.03. The minimum absolute atomic E-state index is 0.0886. The minimum atomic E-state index is -0.399. The SMILES string of the molecule is O=C(C1CN(Cc2ccccc2F)CCO1)N1CCCC1. The van der Waals surface area contributed by atoms with Gasteiger partial charge in [-0.2, -0.15) is 0 Å². The number of carbonyl (C=O) groups excluding carboxylic acids is 1. The molecule has 2 aliphatic heterocycles. The zero-order valence-corrected chi connectivity index (χ0v) is 12.1. The smallest absolute Gasteiger partial charge is 0.253 e. The van der Waals surface area contributed by atoms with Crippen LogP contribution in [0.4, 0.5) is 4.39 Å². The van der Waals surface area contributed by atoms with Crippen LogP contribution in [0.3, 0.4) is 0 Å². The van der Waals surface area contributed by atoms with Crippen molar-refractivity contribution in [1.29, 1.82) is 0 Å². The quantitative estimate of drug-likeness (QED) is 0.849. The molecule has 1 aromatic rings. The molecule has 0 spiro atoms. The molecular formula is C16H21FN2O2. The number of nitrogens with zero attached hydrogens (tertiary/aromatic N) is 2. The van der Waals surface area contributed by atoms with Gasteiger partial charge in [-0.15, -0.1) is 0 Å². The Morgan fingerprint density at radius 2 is 2.00 bits per heavy atom. The first-order valence-electron chi connectivity index (χ1n) is 7.60. The Balaban J connectivity index is 1.60. The molecule has 1 aromatic carbocycles. The lowest BCUT2D eigenvalue weighted by Crippen LogP contribution is -2.50. The first kappa shape index (κ1) is 14.5. The molecule has 0 aromatic heterocycles. The predicted molar refractivity (Wildman–Crippen MR) is 77.2 cm³/mol. The van der Waals surface area contributed by atoms with Crippen molar-refractivity contribution < 1.29 is 13.9 Å². The summed E-state index contributed by atoms with van der Waals surface area (Å²) < 4.78 is 19.3. The summed E-state index contributed by atoms with van der Waals surface area (Å²) in [6.45, 7) is 4.01. The number of halogens is 1. The van der Waals surface area contributed by atoms with E-state index >= 15 is 0 Å². The lowest BCUT2D eigenvalue weighted by molar-refractivity contribution is -0.148. The maximum atomic E-state index is 13.7. The number of carbonyl (C=O) groups is 1. The van der Waals surface area contributed by atoms with Crippen LogP contribution < -0.4 is 0 Å². The van der Waals surface area contributed by atoms with E-state index in [2.05, 4.69) is 4.90 Å². The normalized spacial score (nSPS) is 23.5. The number of rotatable bonds is 3. The summed E-state index contributed by atoms with van der Waals surface area (Å²) >= 11 is 0. The molecule has 3 rings (SSSR count). The molecule has 2 heterocycles. The Bertz CT molecular complexity index is 503. The third kappa shape index (κ3) is 3.41. The maximum Gasteiger partial charge on any atom is 0.253 e. The van der Waals surface area contributed by atoms with Crippen LogP contribution in [-0.4, -0.2) is 54.6 Å². The fourth-order valence-electron chi connectivity index (χ4n) is 3.00. The average molecular weight is 292 g/mol. The van der Waals surface area contributed by atoms with Crippen molar-refractivity contribution in [3.05, 3.63) is 35.6 Å². The lowest BCUT2D eigenvalue weighted by Gasteiger charge is -2.34. The molecule has 1 amide bonds.